The number of hydrogen-bond acceptors (Lipinski definition) is 3. The van der Waals surface area contributed by atoms with Crippen LogP contribution in [0.4, 0.5) is 0 Å². The Bertz CT molecular complexity index is 469. The number of carbonyl (C=O) groups is 1. The number of benzene rings is 1. The molecule has 21 heavy (non-hydrogen) atoms. The van der Waals surface area contributed by atoms with Crippen molar-refractivity contribution in [2.75, 3.05) is 6.54 Å². The summed E-state index contributed by atoms with van der Waals surface area (Å²) in [4.78, 5) is 11.7. The van der Waals surface area contributed by atoms with Crippen LogP contribution in [0.25, 0.3) is 6.08 Å². The van der Waals surface area contributed by atoms with Crippen LogP contribution in [0.15, 0.2) is 30.3 Å². The Kier molecular flexibility index (Phi) is 7.54. The summed E-state index contributed by atoms with van der Waals surface area (Å²) in [5.74, 6) is 0.605. The van der Waals surface area contributed by atoms with Crippen LogP contribution in [-0.4, -0.2) is 29.8 Å². The SMILES string of the molecule is CCC(C)Oc1ccccc1C=CC(=O)NCCC(C)O. The highest BCUT2D eigenvalue weighted by Gasteiger charge is 2.05. The van der Waals surface area contributed by atoms with Crippen LogP contribution in [0.2, 0.25) is 0 Å². The van der Waals surface area contributed by atoms with Gasteiger partial charge < -0.3 is 15.2 Å². The van der Waals surface area contributed by atoms with Crippen LogP contribution in [-0.2, 0) is 4.79 Å². The van der Waals surface area contributed by atoms with Gasteiger partial charge in [-0.2, -0.15) is 0 Å². The molecule has 1 aromatic rings. The van der Waals surface area contributed by atoms with E-state index >= 15 is 0 Å². The van der Waals surface area contributed by atoms with Gasteiger partial charge in [-0.1, -0.05) is 25.1 Å². The molecule has 0 radical (unpaired) electrons. The molecule has 1 aromatic carbocycles. The van der Waals surface area contributed by atoms with Crippen LogP contribution < -0.4 is 10.1 Å². The van der Waals surface area contributed by atoms with Crippen molar-refractivity contribution in [3.63, 3.8) is 0 Å². The van der Waals surface area contributed by atoms with Crippen LogP contribution in [0, 0.1) is 0 Å². The molecular formula is C17H25NO3. The van der Waals surface area contributed by atoms with Gasteiger partial charge in [0.1, 0.15) is 5.75 Å². The molecular weight excluding hydrogens is 266 g/mol. The largest absolute Gasteiger partial charge is 0.490 e. The molecule has 0 bridgehead atoms. The van der Waals surface area contributed by atoms with E-state index in [1.165, 1.54) is 6.08 Å². The topological polar surface area (TPSA) is 58.6 Å². The third-order valence-corrected chi connectivity index (χ3v) is 3.10. The number of para-hydroxylation sites is 1. The molecule has 0 aliphatic rings. The maximum absolute atomic E-state index is 11.7. The van der Waals surface area contributed by atoms with Gasteiger partial charge in [0.25, 0.3) is 0 Å². The van der Waals surface area contributed by atoms with E-state index in [2.05, 4.69) is 12.2 Å². The van der Waals surface area contributed by atoms with E-state index in [0.717, 1.165) is 17.7 Å². The summed E-state index contributed by atoms with van der Waals surface area (Å²) >= 11 is 0. The van der Waals surface area contributed by atoms with Gasteiger partial charge in [0, 0.05) is 18.2 Å². The molecule has 2 N–H and O–H groups in total. The number of aliphatic hydroxyl groups is 1. The Hall–Kier alpha value is -1.81. The van der Waals surface area contributed by atoms with Crippen LogP contribution in [0.1, 0.15) is 39.2 Å². The molecule has 1 amide bonds. The first kappa shape index (κ1) is 17.2. The third-order valence-electron chi connectivity index (χ3n) is 3.10. The number of rotatable bonds is 8. The molecule has 0 saturated carbocycles. The Morgan fingerprint density at radius 2 is 2.10 bits per heavy atom. The van der Waals surface area contributed by atoms with E-state index in [9.17, 15) is 4.79 Å². The second-order valence-electron chi connectivity index (χ2n) is 5.14. The molecule has 0 spiro atoms. The molecule has 0 fully saturated rings. The van der Waals surface area contributed by atoms with Gasteiger partial charge in [0.15, 0.2) is 0 Å². The average Bonchev–Trinajstić information content (AvgIpc) is 2.45. The lowest BCUT2D eigenvalue weighted by molar-refractivity contribution is -0.116. The zero-order valence-electron chi connectivity index (χ0n) is 13.0. The number of hydrogen-bond donors (Lipinski definition) is 2. The summed E-state index contributed by atoms with van der Waals surface area (Å²) in [7, 11) is 0. The fourth-order valence-corrected chi connectivity index (χ4v) is 1.65. The van der Waals surface area contributed by atoms with E-state index in [1.807, 2.05) is 31.2 Å². The molecule has 2 unspecified atom stereocenters. The minimum absolute atomic E-state index is 0.138. The minimum atomic E-state index is -0.404. The first-order valence-electron chi connectivity index (χ1n) is 7.42. The Labute approximate surface area is 126 Å². The molecule has 0 saturated heterocycles. The molecule has 116 valence electrons. The molecule has 0 aliphatic carbocycles. The van der Waals surface area contributed by atoms with E-state index in [4.69, 9.17) is 9.84 Å². The van der Waals surface area contributed by atoms with Gasteiger partial charge in [0.05, 0.1) is 12.2 Å². The predicted octanol–water partition coefficient (Wildman–Crippen LogP) is 2.76. The van der Waals surface area contributed by atoms with Crippen molar-refractivity contribution in [2.24, 2.45) is 0 Å². The highest BCUT2D eigenvalue weighted by molar-refractivity contribution is 5.92. The number of carbonyl (C=O) groups excluding carboxylic acids is 1. The number of ether oxygens (including phenoxy) is 1. The lowest BCUT2D eigenvalue weighted by Crippen LogP contribution is -2.24. The van der Waals surface area contributed by atoms with Gasteiger partial charge >= 0.3 is 0 Å². The summed E-state index contributed by atoms with van der Waals surface area (Å²) in [5, 5.41) is 11.9. The van der Waals surface area contributed by atoms with E-state index in [1.54, 1.807) is 13.0 Å². The summed E-state index contributed by atoms with van der Waals surface area (Å²) < 4.78 is 5.82. The third kappa shape index (κ3) is 6.95. The highest BCUT2D eigenvalue weighted by Crippen LogP contribution is 2.21. The quantitative estimate of drug-likeness (QED) is 0.724. The molecule has 4 nitrogen and oxygen atoms in total. The van der Waals surface area contributed by atoms with Crippen LogP contribution in [0.5, 0.6) is 5.75 Å². The maximum Gasteiger partial charge on any atom is 0.244 e. The molecule has 4 heteroatoms. The zero-order valence-corrected chi connectivity index (χ0v) is 13.0. The smallest absolute Gasteiger partial charge is 0.244 e. The number of aliphatic hydroxyl groups excluding tert-OH is 1. The van der Waals surface area contributed by atoms with Gasteiger partial charge in [0.2, 0.25) is 5.91 Å². The Balaban J connectivity index is 2.60. The highest BCUT2D eigenvalue weighted by atomic mass is 16.5. The first-order chi connectivity index (χ1) is 10.0. The predicted molar refractivity (Wildman–Crippen MR) is 85.2 cm³/mol. The molecule has 0 aromatic heterocycles. The fraction of sp³-hybridized carbons (Fsp3) is 0.471. The normalized spacial score (nSPS) is 13.9. The molecule has 0 aliphatic heterocycles. The van der Waals surface area contributed by atoms with Crippen molar-refractivity contribution in [2.45, 2.75) is 45.8 Å². The monoisotopic (exact) mass is 291 g/mol. The summed E-state index contributed by atoms with van der Waals surface area (Å²) in [6.07, 6.45) is 4.44. The van der Waals surface area contributed by atoms with Crippen molar-refractivity contribution in [3.8, 4) is 5.75 Å². The van der Waals surface area contributed by atoms with Gasteiger partial charge in [-0.3, -0.25) is 4.79 Å². The number of amides is 1. The Morgan fingerprint density at radius 3 is 2.76 bits per heavy atom. The van der Waals surface area contributed by atoms with Gasteiger partial charge in [-0.15, -0.1) is 0 Å². The van der Waals surface area contributed by atoms with E-state index in [0.29, 0.717) is 13.0 Å². The standard InChI is InChI=1S/C17H25NO3/c1-4-14(3)21-16-8-6-5-7-15(16)9-10-17(20)18-12-11-13(2)19/h5-10,13-14,19H,4,11-12H2,1-3H3,(H,18,20). The van der Waals surface area contributed by atoms with Crippen molar-refractivity contribution in [3.05, 3.63) is 35.9 Å². The first-order valence-corrected chi connectivity index (χ1v) is 7.42. The van der Waals surface area contributed by atoms with Crippen molar-refractivity contribution in [1.82, 2.24) is 5.32 Å². The lowest BCUT2D eigenvalue weighted by atomic mass is 10.2. The fourth-order valence-electron chi connectivity index (χ4n) is 1.65. The van der Waals surface area contributed by atoms with Gasteiger partial charge in [-0.25, -0.2) is 0 Å². The number of nitrogens with one attached hydrogen (secondary N) is 1. The second kappa shape index (κ2) is 9.19. The maximum atomic E-state index is 11.7. The van der Waals surface area contributed by atoms with Crippen molar-refractivity contribution < 1.29 is 14.6 Å². The van der Waals surface area contributed by atoms with E-state index in [-0.39, 0.29) is 12.0 Å². The van der Waals surface area contributed by atoms with Crippen LogP contribution >= 0.6 is 0 Å². The van der Waals surface area contributed by atoms with Gasteiger partial charge in [-0.05, 0) is 38.8 Å². The summed E-state index contributed by atoms with van der Waals surface area (Å²) in [6.45, 7) is 6.25. The minimum Gasteiger partial charge on any atom is -0.490 e. The zero-order chi connectivity index (χ0) is 15.7. The van der Waals surface area contributed by atoms with Crippen molar-refractivity contribution in [1.29, 1.82) is 0 Å². The van der Waals surface area contributed by atoms with Crippen LogP contribution in [0.3, 0.4) is 0 Å². The summed E-state index contributed by atoms with van der Waals surface area (Å²) in [5.41, 5.74) is 0.878. The molecule has 1 rings (SSSR count). The van der Waals surface area contributed by atoms with Crippen molar-refractivity contribution >= 4 is 12.0 Å². The van der Waals surface area contributed by atoms with E-state index < -0.39 is 6.10 Å². The molecule has 0 heterocycles. The summed E-state index contributed by atoms with van der Waals surface area (Å²) in [6, 6.07) is 7.64. The molecule has 2 atom stereocenters. The average molecular weight is 291 g/mol. The second-order valence-corrected chi connectivity index (χ2v) is 5.14. The Morgan fingerprint density at radius 1 is 1.38 bits per heavy atom. The lowest BCUT2D eigenvalue weighted by Gasteiger charge is -2.14.